The van der Waals surface area contributed by atoms with Crippen LogP contribution >= 0.6 is 0 Å². The number of nitriles is 2. The number of aromatic nitrogens is 1. The molecule has 0 unspecified atom stereocenters. The second-order valence-electron chi connectivity index (χ2n) is 11.3. The Hall–Kier alpha value is -4.16. The number of carbonyl (C=O) groups excluding carboxylic acids is 1. The van der Waals surface area contributed by atoms with Gasteiger partial charge in [-0.15, -0.1) is 0 Å². The van der Waals surface area contributed by atoms with E-state index in [0.29, 0.717) is 39.2 Å². The summed E-state index contributed by atoms with van der Waals surface area (Å²) in [5, 5.41) is 30.9. The number of H-pyrrole nitrogens is 1. The van der Waals surface area contributed by atoms with E-state index in [9.17, 15) is 20.4 Å². The van der Waals surface area contributed by atoms with Crippen LogP contribution in [0.2, 0.25) is 0 Å². The molecule has 0 bridgehead atoms. The number of aliphatic imine (C=N–C) groups is 1. The van der Waals surface area contributed by atoms with Crippen molar-refractivity contribution >= 4 is 11.6 Å². The Balaban J connectivity index is 1.96. The Labute approximate surface area is 224 Å². The Bertz CT molecular complexity index is 1510. The monoisotopic (exact) mass is 506 g/mol. The van der Waals surface area contributed by atoms with E-state index in [1.807, 2.05) is 79.7 Å². The molecule has 0 saturated heterocycles. The van der Waals surface area contributed by atoms with E-state index in [2.05, 4.69) is 22.1 Å². The van der Waals surface area contributed by atoms with E-state index in [1.54, 1.807) is 0 Å². The molecule has 194 valence electrons. The lowest BCUT2D eigenvalue weighted by molar-refractivity contribution is 0.101. The van der Waals surface area contributed by atoms with Gasteiger partial charge >= 0.3 is 0 Å². The van der Waals surface area contributed by atoms with Gasteiger partial charge in [-0.05, 0) is 75.8 Å². The van der Waals surface area contributed by atoms with Crippen LogP contribution in [0.25, 0.3) is 11.3 Å². The lowest BCUT2D eigenvalue weighted by atomic mass is 9.85. The molecule has 2 N–H and O–H groups in total. The highest BCUT2D eigenvalue weighted by Gasteiger charge is 2.35. The summed E-state index contributed by atoms with van der Waals surface area (Å²) >= 11 is 0. The van der Waals surface area contributed by atoms with Gasteiger partial charge < -0.3 is 10.1 Å². The minimum absolute atomic E-state index is 0.0946. The van der Waals surface area contributed by atoms with Crippen molar-refractivity contribution in [1.82, 2.24) is 4.98 Å². The smallest absolute Gasteiger partial charge is 0.280 e. The molecule has 2 aromatic carbocycles. The summed E-state index contributed by atoms with van der Waals surface area (Å²) in [7, 11) is 0. The van der Waals surface area contributed by atoms with E-state index < -0.39 is 5.91 Å². The number of hydrogen-bond donors (Lipinski definition) is 2. The van der Waals surface area contributed by atoms with Crippen LogP contribution in [0.4, 0.5) is 0 Å². The molecule has 0 spiro atoms. The highest BCUT2D eigenvalue weighted by molar-refractivity contribution is 6.30. The molecule has 1 amide bonds. The second kappa shape index (κ2) is 9.95. The zero-order chi connectivity index (χ0) is 28.0. The molecule has 2 heterocycles. The summed E-state index contributed by atoms with van der Waals surface area (Å²) in [5.74, 6) is -0.158. The summed E-state index contributed by atoms with van der Waals surface area (Å²) < 4.78 is 0. The number of benzene rings is 2. The van der Waals surface area contributed by atoms with Crippen LogP contribution in [0.3, 0.4) is 0 Å². The molecule has 6 heteroatoms. The number of amides is 1. The molecule has 0 aliphatic carbocycles. The van der Waals surface area contributed by atoms with Crippen molar-refractivity contribution in [2.45, 2.75) is 79.1 Å². The molecule has 1 aliphatic rings. The molecule has 6 nitrogen and oxygen atoms in total. The van der Waals surface area contributed by atoms with Crippen LogP contribution in [0.15, 0.2) is 29.3 Å². The van der Waals surface area contributed by atoms with Gasteiger partial charge in [-0.1, -0.05) is 55.4 Å². The van der Waals surface area contributed by atoms with Gasteiger partial charge in [0.15, 0.2) is 5.88 Å². The largest absolute Gasteiger partial charge is 0.494 e. The first-order valence-electron chi connectivity index (χ1n) is 13.2. The molecular formula is C32H34N4O2. The third-order valence-electron chi connectivity index (χ3n) is 7.32. The van der Waals surface area contributed by atoms with E-state index >= 15 is 0 Å². The Morgan fingerprint density at radius 2 is 1.11 bits per heavy atom. The number of rotatable bonds is 6. The molecule has 0 radical (unpaired) electrons. The molecule has 0 fully saturated rings. The molecule has 38 heavy (non-hydrogen) atoms. The Kier molecular flexibility index (Phi) is 7.04. The minimum atomic E-state index is -0.426. The topological polar surface area (TPSA) is 113 Å². The zero-order valence-electron chi connectivity index (χ0n) is 23.3. The van der Waals surface area contributed by atoms with Gasteiger partial charge in [-0.25, -0.2) is 4.99 Å². The van der Waals surface area contributed by atoms with E-state index in [-0.39, 0.29) is 29.6 Å². The number of aromatic hydroxyl groups is 1. The SMILES string of the molecule is CC(C)c1cc(C2=NC(=O)c3c(-c4cc(C(C)C)c(C#N)c(C(C)C)c4)[nH]c(O)c32)cc(C(C)C)c1C#N. The van der Waals surface area contributed by atoms with E-state index in [4.69, 9.17) is 0 Å². The van der Waals surface area contributed by atoms with Crippen molar-refractivity contribution in [2.24, 2.45) is 4.99 Å². The molecular weight excluding hydrogens is 472 g/mol. The van der Waals surface area contributed by atoms with Crippen molar-refractivity contribution in [3.8, 4) is 29.3 Å². The number of nitrogens with one attached hydrogen (secondary N) is 1. The van der Waals surface area contributed by atoms with Gasteiger partial charge in [0.1, 0.15) is 0 Å². The first-order valence-corrected chi connectivity index (χ1v) is 13.2. The number of carbonyl (C=O) groups is 1. The van der Waals surface area contributed by atoms with Crippen molar-refractivity contribution < 1.29 is 9.90 Å². The van der Waals surface area contributed by atoms with Crippen LogP contribution in [0, 0.1) is 22.7 Å². The quantitative estimate of drug-likeness (QED) is 0.358. The molecule has 4 rings (SSSR count). The number of aromatic amines is 1. The molecule has 0 atom stereocenters. The summed E-state index contributed by atoms with van der Waals surface area (Å²) in [5.41, 5.74) is 7.95. The van der Waals surface area contributed by atoms with Gasteiger partial charge in [0.05, 0.1) is 45.8 Å². The van der Waals surface area contributed by atoms with Crippen molar-refractivity contribution in [1.29, 1.82) is 10.5 Å². The molecule has 1 aromatic heterocycles. The van der Waals surface area contributed by atoms with E-state index in [1.165, 1.54) is 0 Å². The number of nitrogens with zero attached hydrogens (tertiary/aromatic N) is 3. The first kappa shape index (κ1) is 26.9. The maximum atomic E-state index is 13.4. The van der Waals surface area contributed by atoms with Gasteiger partial charge in [-0.2, -0.15) is 10.5 Å². The molecule has 0 saturated carbocycles. The average Bonchev–Trinajstić information content (AvgIpc) is 3.39. The average molecular weight is 507 g/mol. The van der Waals surface area contributed by atoms with Crippen LogP contribution < -0.4 is 0 Å². The maximum Gasteiger partial charge on any atom is 0.280 e. The van der Waals surface area contributed by atoms with E-state index in [0.717, 1.165) is 27.8 Å². The van der Waals surface area contributed by atoms with Crippen LogP contribution in [0.5, 0.6) is 5.88 Å². The summed E-state index contributed by atoms with van der Waals surface area (Å²) in [6.07, 6.45) is 0. The lowest BCUT2D eigenvalue weighted by Gasteiger charge is -2.17. The van der Waals surface area contributed by atoms with Crippen LogP contribution in [0.1, 0.15) is 134 Å². The van der Waals surface area contributed by atoms with Crippen LogP contribution in [-0.2, 0) is 0 Å². The summed E-state index contributed by atoms with van der Waals surface area (Å²) in [6, 6.07) is 12.4. The van der Waals surface area contributed by atoms with Crippen molar-refractivity contribution in [3.05, 3.63) is 74.3 Å². The minimum Gasteiger partial charge on any atom is -0.494 e. The van der Waals surface area contributed by atoms with Gasteiger partial charge in [0.2, 0.25) is 0 Å². The van der Waals surface area contributed by atoms with Gasteiger partial charge in [0, 0.05) is 5.56 Å². The Morgan fingerprint density at radius 3 is 1.47 bits per heavy atom. The fourth-order valence-electron chi connectivity index (χ4n) is 5.31. The highest BCUT2D eigenvalue weighted by Crippen LogP contribution is 2.41. The number of fused-ring (bicyclic) bond motifs is 1. The first-order chi connectivity index (χ1) is 17.9. The lowest BCUT2D eigenvalue weighted by Crippen LogP contribution is -2.07. The Morgan fingerprint density at radius 1 is 0.711 bits per heavy atom. The molecule has 3 aromatic rings. The van der Waals surface area contributed by atoms with Gasteiger partial charge in [-0.3, -0.25) is 4.79 Å². The predicted octanol–water partition coefficient (Wildman–Crippen LogP) is 7.62. The highest BCUT2D eigenvalue weighted by atomic mass is 16.3. The predicted molar refractivity (Wildman–Crippen MR) is 150 cm³/mol. The molecule has 1 aliphatic heterocycles. The summed E-state index contributed by atoms with van der Waals surface area (Å²) in [4.78, 5) is 20.8. The maximum absolute atomic E-state index is 13.4. The second-order valence-corrected chi connectivity index (χ2v) is 11.3. The third-order valence-corrected chi connectivity index (χ3v) is 7.32. The number of hydrogen-bond acceptors (Lipinski definition) is 4. The third kappa shape index (κ3) is 4.31. The summed E-state index contributed by atoms with van der Waals surface area (Å²) in [6.45, 7) is 16.3. The van der Waals surface area contributed by atoms with Crippen molar-refractivity contribution in [3.63, 3.8) is 0 Å². The van der Waals surface area contributed by atoms with Crippen LogP contribution in [-0.4, -0.2) is 21.7 Å². The normalized spacial score (nSPS) is 12.9. The fourth-order valence-corrected chi connectivity index (χ4v) is 5.31. The standard InChI is InChI=1S/C32H34N4O2/c1-15(2)21-9-19(10-22(16(3)4)25(21)13-33)29-27-28(32(38)35-29)30(36-31(27)37)20-11-23(17(5)6)26(14-34)24(12-20)18(7)8/h9-12,15-18,35,38H,1-8H3. The zero-order valence-corrected chi connectivity index (χ0v) is 23.3. The van der Waals surface area contributed by atoms with Gasteiger partial charge in [0.25, 0.3) is 5.91 Å². The fraction of sp³-hybridized carbons (Fsp3) is 0.375. The van der Waals surface area contributed by atoms with Crippen molar-refractivity contribution in [2.75, 3.05) is 0 Å².